The highest BCUT2D eigenvalue weighted by Crippen LogP contribution is 2.44. The lowest BCUT2D eigenvalue weighted by Crippen LogP contribution is -2.61. The van der Waals surface area contributed by atoms with Crippen LogP contribution in [0, 0.1) is 17.8 Å². The predicted molar refractivity (Wildman–Crippen MR) is 155 cm³/mol. The maximum Gasteiger partial charge on any atom is 0.311 e. The summed E-state index contributed by atoms with van der Waals surface area (Å²) < 4.78 is 20.8. The van der Waals surface area contributed by atoms with E-state index in [1.54, 1.807) is 43.3 Å². The number of benzene rings is 2. The number of hydrogen-bond acceptors (Lipinski definition) is 9. The van der Waals surface area contributed by atoms with Crippen LogP contribution in [0.3, 0.4) is 0 Å². The van der Waals surface area contributed by atoms with Crippen molar-refractivity contribution in [3.8, 4) is 23.0 Å². The zero-order valence-corrected chi connectivity index (χ0v) is 23.9. The first-order valence-corrected chi connectivity index (χ1v) is 13.1. The van der Waals surface area contributed by atoms with Crippen LogP contribution < -0.4 is 14.2 Å². The number of phenols is 1. The van der Waals surface area contributed by atoms with Crippen molar-refractivity contribution in [1.82, 2.24) is 0 Å². The third-order valence-electron chi connectivity index (χ3n) is 7.18. The van der Waals surface area contributed by atoms with Gasteiger partial charge in [0.05, 0.1) is 33.4 Å². The minimum absolute atomic E-state index is 0.0765. The Balaban J connectivity index is 1.62. The minimum atomic E-state index is -1.65. The molecule has 1 aliphatic carbocycles. The largest absolute Gasteiger partial charge is 0.504 e. The fourth-order valence-corrected chi connectivity index (χ4v) is 4.85. The summed E-state index contributed by atoms with van der Waals surface area (Å²) in [6.45, 7) is 7.69. The van der Waals surface area contributed by atoms with Crippen LogP contribution >= 0.6 is 0 Å². The molecule has 0 aliphatic heterocycles. The van der Waals surface area contributed by atoms with Gasteiger partial charge >= 0.3 is 5.97 Å². The van der Waals surface area contributed by atoms with Crippen molar-refractivity contribution in [1.29, 1.82) is 0 Å². The summed E-state index contributed by atoms with van der Waals surface area (Å²) >= 11 is 0. The van der Waals surface area contributed by atoms with Crippen molar-refractivity contribution >= 4 is 18.1 Å². The zero-order valence-electron chi connectivity index (χ0n) is 23.9. The van der Waals surface area contributed by atoms with Crippen LogP contribution in [0.5, 0.6) is 23.0 Å². The van der Waals surface area contributed by atoms with Gasteiger partial charge < -0.3 is 39.4 Å². The highest BCUT2D eigenvalue weighted by molar-refractivity contribution is 5.74. The molecule has 1 saturated carbocycles. The summed E-state index contributed by atoms with van der Waals surface area (Å²) in [6.07, 6.45) is 5.19. The Hall–Kier alpha value is -4.05. The summed E-state index contributed by atoms with van der Waals surface area (Å²) in [5.74, 6) is -1.47. The lowest BCUT2D eigenvalue weighted by atomic mass is 9.60. The van der Waals surface area contributed by atoms with Crippen LogP contribution in [0.1, 0.15) is 25.0 Å². The van der Waals surface area contributed by atoms with E-state index in [9.17, 15) is 25.2 Å². The molecule has 0 amide bonds. The molecule has 41 heavy (non-hydrogen) atoms. The van der Waals surface area contributed by atoms with E-state index < -0.39 is 42.2 Å². The van der Waals surface area contributed by atoms with Gasteiger partial charge in [-0.2, -0.15) is 0 Å². The quantitative estimate of drug-likeness (QED) is 0.170. The van der Waals surface area contributed by atoms with Gasteiger partial charge in [-0.25, -0.2) is 0 Å². The third-order valence-corrected chi connectivity index (χ3v) is 7.18. The molecule has 1 fully saturated rings. The molecule has 6 atom stereocenters. The molecule has 0 saturated heterocycles. The number of carbonyl (C=O) groups is 1. The molecule has 1 aliphatic rings. The Morgan fingerprint density at radius 1 is 0.951 bits per heavy atom. The van der Waals surface area contributed by atoms with E-state index in [-0.39, 0.29) is 11.5 Å². The van der Waals surface area contributed by atoms with Crippen LogP contribution in [0.4, 0.5) is 0 Å². The zero-order chi connectivity index (χ0) is 30.3. The number of carbonyl (C=O) groups excluding carboxylic acids is 1. The average Bonchev–Trinajstić information content (AvgIpc) is 2.95. The van der Waals surface area contributed by atoms with Crippen molar-refractivity contribution in [3.05, 3.63) is 83.5 Å². The smallest absolute Gasteiger partial charge is 0.311 e. The molecule has 220 valence electrons. The van der Waals surface area contributed by atoms with E-state index in [1.807, 2.05) is 37.3 Å². The Labute approximate surface area is 240 Å². The lowest BCUT2D eigenvalue weighted by molar-refractivity contribution is -0.213. The second-order valence-corrected chi connectivity index (χ2v) is 9.95. The van der Waals surface area contributed by atoms with Crippen LogP contribution in [-0.2, 0) is 9.53 Å². The molecule has 0 heterocycles. The molecule has 0 aromatic heterocycles. The van der Waals surface area contributed by atoms with Gasteiger partial charge in [0.25, 0.3) is 0 Å². The van der Waals surface area contributed by atoms with E-state index in [1.165, 1.54) is 21.3 Å². The molecule has 4 N–H and O–H groups in total. The Morgan fingerprint density at radius 2 is 1.56 bits per heavy atom. The third kappa shape index (κ3) is 7.58. The molecule has 6 unspecified atom stereocenters. The fourth-order valence-electron chi connectivity index (χ4n) is 4.85. The van der Waals surface area contributed by atoms with Crippen LogP contribution in [0.15, 0.2) is 72.4 Å². The molecule has 2 aromatic carbocycles. The number of aromatic hydroxyl groups is 1. The van der Waals surface area contributed by atoms with Gasteiger partial charge in [0.2, 0.25) is 6.29 Å². The summed E-state index contributed by atoms with van der Waals surface area (Å²) in [5.41, 5.74) is 3.38. The molecule has 2 aromatic rings. The summed E-state index contributed by atoms with van der Waals surface area (Å²) in [5, 5.41) is 41.2. The topological polar surface area (TPSA) is 135 Å². The molecule has 0 spiro atoms. The second-order valence-electron chi connectivity index (χ2n) is 9.95. The maximum absolute atomic E-state index is 11.8. The molecule has 3 rings (SSSR count). The first kappa shape index (κ1) is 31.5. The maximum atomic E-state index is 11.8. The number of ether oxygens (including phenoxy) is 4. The number of rotatable bonds is 12. The number of methoxy groups -OCH3 is 3. The average molecular weight is 567 g/mol. The first-order chi connectivity index (χ1) is 19.5. The highest BCUT2D eigenvalue weighted by Gasteiger charge is 2.56. The van der Waals surface area contributed by atoms with E-state index >= 15 is 0 Å². The summed E-state index contributed by atoms with van der Waals surface area (Å²) in [4.78, 5) is 11.8. The Morgan fingerprint density at radius 3 is 2.17 bits per heavy atom. The molecular weight excluding hydrogens is 528 g/mol. The van der Waals surface area contributed by atoms with E-state index in [2.05, 4.69) is 6.58 Å². The molecular formula is C32H38O9. The van der Waals surface area contributed by atoms with Crippen molar-refractivity contribution in [2.75, 3.05) is 21.3 Å². The lowest BCUT2D eigenvalue weighted by Gasteiger charge is -2.48. The number of allylic oxidation sites excluding steroid dienone is 5. The van der Waals surface area contributed by atoms with E-state index in [4.69, 9.17) is 18.9 Å². The van der Waals surface area contributed by atoms with Gasteiger partial charge in [0, 0.05) is 5.92 Å². The van der Waals surface area contributed by atoms with Crippen LogP contribution in [-0.4, -0.2) is 66.2 Å². The number of phenolic OH excluding ortho intramolecular Hbond substituents is 1. The standard InChI is InChI=1S/C32H38O9/c1-18(7-9-21-11-13-23(33)25(16-21)38-4)15-19(2)8-10-22-12-14-24(26(17-22)39-5)41-32(37)30(35)27-20(3)28(29(27)34)31(36)40-6/h7-17,20,27-30,32-35,37H,1H2,2-6H3/b9-7+,10-8+,19-15+. The van der Waals surface area contributed by atoms with Gasteiger partial charge in [0.1, 0.15) is 6.10 Å². The summed E-state index contributed by atoms with van der Waals surface area (Å²) in [6, 6.07) is 10.2. The molecule has 0 bridgehead atoms. The van der Waals surface area contributed by atoms with Crippen molar-refractivity contribution in [2.45, 2.75) is 32.3 Å². The SMILES string of the molecule is C=C(/C=C/c1ccc(O)c(OC)c1)/C=C(C)/C=C/c1ccc(OC(O)C(O)C2C(C)C(C(=O)OC)C2O)c(OC)c1. The normalized spacial score (nSPS) is 22.2. The predicted octanol–water partition coefficient (Wildman–Crippen LogP) is 4.11. The van der Waals surface area contributed by atoms with Crippen molar-refractivity contribution in [3.63, 3.8) is 0 Å². The first-order valence-electron chi connectivity index (χ1n) is 13.1. The minimum Gasteiger partial charge on any atom is -0.504 e. The monoisotopic (exact) mass is 566 g/mol. The highest BCUT2D eigenvalue weighted by atomic mass is 16.6. The second kappa shape index (κ2) is 14.0. The number of hydrogen-bond donors (Lipinski definition) is 4. The van der Waals surface area contributed by atoms with E-state index in [0.29, 0.717) is 11.5 Å². The van der Waals surface area contributed by atoms with Crippen molar-refractivity contribution in [2.24, 2.45) is 17.8 Å². The van der Waals surface area contributed by atoms with Gasteiger partial charge in [-0.15, -0.1) is 0 Å². The fraction of sp³-hybridized carbons (Fsp3) is 0.344. The number of aliphatic hydroxyl groups is 3. The Kier molecular flexibility index (Phi) is 10.8. The molecule has 9 nitrogen and oxygen atoms in total. The summed E-state index contributed by atoms with van der Waals surface area (Å²) in [7, 11) is 4.19. The van der Waals surface area contributed by atoms with Gasteiger partial charge in [-0.05, 0) is 53.8 Å². The number of esters is 1. The van der Waals surface area contributed by atoms with Gasteiger partial charge in [-0.1, -0.05) is 61.6 Å². The van der Waals surface area contributed by atoms with Crippen molar-refractivity contribution < 1.29 is 44.2 Å². The van der Waals surface area contributed by atoms with Crippen LogP contribution in [0.25, 0.3) is 12.2 Å². The van der Waals surface area contributed by atoms with Gasteiger partial charge in [0.15, 0.2) is 23.0 Å². The Bertz CT molecular complexity index is 1320. The number of aliphatic hydroxyl groups excluding tert-OH is 3. The molecule has 9 heteroatoms. The van der Waals surface area contributed by atoms with E-state index in [0.717, 1.165) is 22.3 Å². The van der Waals surface area contributed by atoms with Gasteiger partial charge in [-0.3, -0.25) is 4.79 Å². The molecule has 0 radical (unpaired) electrons. The van der Waals surface area contributed by atoms with Crippen LogP contribution in [0.2, 0.25) is 0 Å².